The predicted molar refractivity (Wildman–Crippen MR) is 68.2 cm³/mol. The number of nitrogens with two attached hydrogens (primary N) is 1. The molecule has 0 fully saturated rings. The predicted octanol–water partition coefficient (Wildman–Crippen LogP) is 1.12. The first-order chi connectivity index (χ1) is 8.72. The summed E-state index contributed by atoms with van der Waals surface area (Å²) < 4.78 is 1.57. The summed E-state index contributed by atoms with van der Waals surface area (Å²) in [6.45, 7) is 2.03. The van der Waals surface area contributed by atoms with Gasteiger partial charge in [0.2, 0.25) is 11.0 Å². The van der Waals surface area contributed by atoms with Crippen LogP contribution in [0.1, 0.15) is 26.2 Å². The summed E-state index contributed by atoms with van der Waals surface area (Å²) in [6.07, 6.45) is 6.84. The lowest BCUT2D eigenvalue weighted by atomic mass is 10.2. The van der Waals surface area contributed by atoms with Gasteiger partial charge in [-0.25, -0.2) is 25.5 Å². The highest BCUT2D eigenvalue weighted by Crippen LogP contribution is 2.23. The molecule has 0 spiro atoms. The zero-order valence-electron chi connectivity index (χ0n) is 9.98. The number of unbranched alkanes of at least 4 members (excludes halogenated alkanes) is 1. The number of hydrazine groups is 1. The third kappa shape index (κ3) is 2.71. The zero-order valence-corrected chi connectivity index (χ0v) is 10.8. The monoisotopic (exact) mass is 266 g/mol. The average Bonchev–Trinajstić information content (AvgIpc) is 3.04. The van der Waals surface area contributed by atoms with Crippen LogP contribution in [-0.2, 0) is 4.79 Å². The molecule has 2 heterocycles. The van der Waals surface area contributed by atoms with Crippen molar-refractivity contribution in [1.29, 1.82) is 0 Å². The maximum Gasteiger partial charge on any atom is 0.243 e. The second-order valence-corrected chi connectivity index (χ2v) is 4.68. The van der Waals surface area contributed by atoms with Gasteiger partial charge in [-0.1, -0.05) is 24.7 Å². The molecule has 2 aromatic rings. The molecule has 0 bridgehead atoms. The van der Waals surface area contributed by atoms with Crippen LogP contribution in [0.4, 0.5) is 5.13 Å². The number of hydrogen-bond donors (Lipinski definition) is 1. The lowest BCUT2D eigenvalue weighted by Crippen LogP contribution is -2.37. The largest absolute Gasteiger partial charge is 0.273 e. The number of rotatable bonds is 5. The molecule has 0 saturated heterocycles. The van der Waals surface area contributed by atoms with Crippen molar-refractivity contribution in [3.63, 3.8) is 0 Å². The van der Waals surface area contributed by atoms with E-state index in [0.717, 1.165) is 22.9 Å². The van der Waals surface area contributed by atoms with Gasteiger partial charge in [-0.2, -0.15) is 5.10 Å². The van der Waals surface area contributed by atoms with Gasteiger partial charge >= 0.3 is 0 Å². The molecule has 0 aromatic carbocycles. The quantitative estimate of drug-likeness (QED) is 0.497. The molecular weight excluding hydrogens is 252 g/mol. The van der Waals surface area contributed by atoms with Gasteiger partial charge in [0.15, 0.2) is 0 Å². The van der Waals surface area contributed by atoms with E-state index in [9.17, 15) is 4.79 Å². The van der Waals surface area contributed by atoms with Gasteiger partial charge in [-0.05, 0) is 6.42 Å². The van der Waals surface area contributed by atoms with Crippen molar-refractivity contribution in [1.82, 2.24) is 19.7 Å². The average molecular weight is 266 g/mol. The molecule has 18 heavy (non-hydrogen) atoms. The van der Waals surface area contributed by atoms with Crippen molar-refractivity contribution in [2.45, 2.75) is 26.2 Å². The van der Waals surface area contributed by atoms with Crippen LogP contribution in [0.25, 0.3) is 5.00 Å². The second-order valence-electron chi connectivity index (χ2n) is 3.69. The molecule has 2 N–H and O–H groups in total. The number of thiazole rings is 1. The number of carbonyl (C=O) groups is 1. The number of anilines is 1. The summed E-state index contributed by atoms with van der Waals surface area (Å²) in [5, 5.41) is 6.31. The maximum atomic E-state index is 11.7. The van der Waals surface area contributed by atoms with Crippen LogP contribution in [0.2, 0.25) is 0 Å². The number of hydrogen-bond acceptors (Lipinski definition) is 6. The van der Waals surface area contributed by atoms with Crippen LogP contribution in [0.3, 0.4) is 0 Å². The molecule has 1 amide bonds. The Labute approximate surface area is 108 Å². The topological polar surface area (TPSA) is 89.9 Å². The molecule has 2 rings (SSSR count). The first-order valence-corrected chi connectivity index (χ1v) is 6.42. The third-order valence-corrected chi connectivity index (χ3v) is 3.33. The summed E-state index contributed by atoms with van der Waals surface area (Å²) in [5.74, 6) is 5.60. The van der Waals surface area contributed by atoms with Gasteiger partial charge in [-0.15, -0.1) is 0 Å². The molecule has 0 aliphatic carbocycles. The minimum absolute atomic E-state index is 0.128. The van der Waals surface area contributed by atoms with Crippen LogP contribution in [0, 0.1) is 0 Å². The maximum absolute atomic E-state index is 11.7. The van der Waals surface area contributed by atoms with Gasteiger partial charge in [0.05, 0.1) is 6.20 Å². The van der Waals surface area contributed by atoms with Crippen molar-refractivity contribution in [2.75, 3.05) is 5.01 Å². The highest BCUT2D eigenvalue weighted by Gasteiger charge is 2.15. The van der Waals surface area contributed by atoms with Crippen molar-refractivity contribution >= 4 is 22.4 Å². The van der Waals surface area contributed by atoms with Gasteiger partial charge in [-0.3, -0.25) is 4.79 Å². The summed E-state index contributed by atoms with van der Waals surface area (Å²) in [6, 6.07) is 0. The van der Waals surface area contributed by atoms with Crippen LogP contribution in [0.5, 0.6) is 0 Å². The summed E-state index contributed by atoms with van der Waals surface area (Å²) in [4.78, 5) is 19.7. The molecule has 7 nitrogen and oxygen atoms in total. The molecule has 0 saturated carbocycles. The van der Waals surface area contributed by atoms with Crippen LogP contribution in [0.15, 0.2) is 18.9 Å². The molecule has 0 radical (unpaired) electrons. The first-order valence-electron chi connectivity index (χ1n) is 5.61. The van der Waals surface area contributed by atoms with E-state index in [0.29, 0.717) is 11.6 Å². The van der Waals surface area contributed by atoms with E-state index in [4.69, 9.17) is 5.84 Å². The summed E-state index contributed by atoms with van der Waals surface area (Å²) >= 11 is 1.29. The van der Waals surface area contributed by atoms with Crippen molar-refractivity contribution < 1.29 is 4.79 Å². The summed E-state index contributed by atoms with van der Waals surface area (Å²) in [7, 11) is 0. The number of nitrogens with zero attached hydrogens (tertiary/aromatic N) is 5. The molecule has 0 aliphatic heterocycles. The molecule has 0 unspecified atom stereocenters. The van der Waals surface area contributed by atoms with Crippen molar-refractivity contribution in [3.05, 3.63) is 18.9 Å². The van der Waals surface area contributed by atoms with E-state index in [1.165, 1.54) is 17.7 Å². The van der Waals surface area contributed by atoms with Crippen LogP contribution >= 0.6 is 11.3 Å². The molecule has 96 valence electrons. The fraction of sp³-hybridized carbons (Fsp3) is 0.400. The molecule has 0 atom stereocenters. The smallest absolute Gasteiger partial charge is 0.243 e. The van der Waals surface area contributed by atoms with E-state index < -0.39 is 0 Å². The minimum Gasteiger partial charge on any atom is -0.273 e. The fourth-order valence-corrected chi connectivity index (χ4v) is 2.14. The Morgan fingerprint density at radius 1 is 1.61 bits per heavy atom. The van der Waals surface area contributed by atoms with Gasteiger partial charge in [0.25, 0.3) is 0 Å². The number of amides is 1. The molecule has 2 aromatic heterocycles. The van der Waals surface area contributed by atoms with Gasteiger partial charge in [0, 0.05) is 6.42 Å². The van der Waals surface area contributed by atoms with Crippen LogP contribution in [-0.4, -0.2) is 25.7 Å². The Morgan fingerprint density at radius 3 is 3.11 bits per heavy atom. The Balaban J connectivity index is 2.08. The van der Waals surface area contributed by atoms with Crippen molar-refractivity contribution in [3.8, 4) is 5.00 Å². The first kappa shape index (κ1) is 12.7. The van der Waals surface area contributed by atoms with E-state index in [1.807, 2.05) is 6.92 Å². The SMILES string of the molecule is CCCCC(=O)N(N)c1ncc(-n2cncn2)s1. The molecule has 0 aliphatic rings. The fourth-order valence-electron chi connectivity index (χ4n) is 1.35. The number of carbonyl (C=O) groups excluding carboxylic acids is 1. The Morgan fingerprint density at radius 2 is 2.44 bits per heavy atom. The lowest BCUT2D eigenvalue weighted by molar-refractivity contribution is -0.118. The third-order valence-electron chi connectivity index (χ3n) is 2.34. The normalized spacial score (nSPS) is 10.6. The Kier molecular flexibility index (Phi) is 4.00. The summed E-state index contributed by atoms with van der Waals surface area (Å²) in [5.41, 5.74) is 0. The molecule has 8 heteroatoms. The van der Waals surface area contributed by atoms with Crippen LogP contribution < -0.4 is 10.9 Å². The van der Waals surface area contributed by atoms with E-state index >= 15 is 0 Å². The highest BCUT2D eigenvalue weighted by molar-refractivity contribution is 7.18. The van der Waals surface area contributed by atoms with Gasteiger partial charge < -0.3 is 0 Å². The number of aromatic nitrogens is 4. The van der Waals surface area contributed by atoms with Gasteiger partial charge in [0.1, 0.15) is 17.7 Å². The standard InChI is InChI=1S/C10H14N6OS/c1-2-3-4-8(17)16(11)10-13-5-9(18-10)15-7-12-6-14-15/h5-7H,2-4,11H2,1H3. The Bertz CT molecular complexity index is 508. The van der Waals surface area contributed by atoms with E-state index in [1.54, 1.807) is 17.2 Å². The van der Waals surface area contributed by atoms with Crippen molar-refractivity contribution in [2.24, 2.45) is 5.84 Å². The molecular formula is C10H14N6OS. The zero-order chi connectivity index (χ0) is 13.0. The highest BCUT2D eigenvalue weighted by atomic mass is 32.1. The van der Waals surface area contributed by atoms with E-state index in [-0.39, 0.29) is 5.91 Å². The van der Waals surface area contributed by atoms with E-state index in [2.05, 4.69) is 15.1 Å². The minimum atomic E-state index is -0.128. The second kappa shape index (κ2) is 5.69. The Hall–Kier alpha value is -1.80. The lowest BCUT2D eigenvalue weighted by Gasteiger charge is -2.12.